The average molecular weight is 406 g/mol. The molecule has 1 amide bonds. The zero-order chi connectivity index (χ0) is 21.1. The van der Waals surface area contributed by atoms with Gasteiger partial charge < -0.3 is 15.6 Å². The summed E-state index contributed by atoms with van der Waals surface area (Å²) in [4.78, 5) is 21.7. The molecule has 1 aromatic carbocycles. The van der Waals surface area contributed by atoms with E-state index in [2.05, 4.69) is 31.6 Å². The molecule has 0 bridgehead atoms. The quantitative estimate of drug-likeness (QED) is 0.605. The number of aromatic nitrogens is 2. The van der Waals surface area contributed by atoms with E-state index in [1.807, 2.05) is 18.2 Å². The summed E-state index contributed by atoms with van der Waals surface area (Å²) in [6.07, 6.45) is 2.78. The zero-order valence-electron chi connectivity index (χ0n) is 16.7. The number of fused-ring (bicyclic) bond motifs is 1. The molecule has 0 radical (unpaired) electrons. The molecule has 2 aromatic heterocycles. The number of pyridine rings is 1. The van der Waals surface area contributed by atoms with Gasteiger partial charge in [-0.25, -0.2) is 9.37 Å². The summed E-state index contributed by atoms with van der Waals surface area (Å²) in [5, 5.41) is 15.6. The number of amides is 1. The molecule has 1 saturated heterocycles. The van der Waals surface area contributed by atoms with E-state index in [9.17, 15) is 4.79 Å². The maximum absolute atomic E-state index is 15.1. The lowest BCUT2D eigenvalue weighted by Crippen LogP contribution is -2.47. The van der Waals surface area contributed by atoms with Crippen molar-refractivity contribution in [2.75, 3.05) is 25.5 Å². The maximum Gasteiger partial charge on any atom is 0.254 e. The van der Waals surface area contributed by atoms with Crippen LogP contribution in [0.2, 0.25) is 0 Å². The second kappa shape index (κ2) is 8.51. The highest BCUT2D eigenvalue weighted by atomic mass is 19.1. The number of hydrogen-bond donors (Lipinski definition) is 3. The maximum atomic E-state index is 15.1. The van der Waals surface area contributed by atoms with Crippen molar-refractivity contribution in [3.05, 3.63) is 59.4 Å². The summed E-state index contributed by atoms with van der Waals surface area (Å²) in [6, 6.07) is 10.9. The zero-order valence-corrected chi connectivity index (χ0v) is 16.7. The second-order valence-corrected chi connectivity index (χ2v) is 7.47. The molecule has 8 heteroatoms. The second-order valence-electron chi connectivity index (χ2n) is 7.47. The van der Waals surface area contributed by atoms with Crippen LogP contribution >= 0.6 is 0 Å². The number of nitrogens with zero attached hydrogens (tertiary/aromatic N) is 3. The Morgan fingerprint density at radius 1 is 1.37 bits per heavy atom. The molecule has 0 unspecified atom stereocenters. The van der Waals surface area contributed by atoms with Gasteiger partial charge in [0, 0.05) is 44.5 Å². The third-order valence-electron chi connectivity index (χ3n) is 5.50. The molecule has 4 rings (SSSR count). The van der Waals surface area contributed by atoms with Crippen molar-refractivity contribution in [2.24, 2.45) is 0 Å². The highest BCUT2D eigenvalue weighted by Gasteiger charge is 2.30. The van der Waals surface area contributed by atoms with E-state index in [1.165, 1.54) is 6.20 Å². The summed E-state index contributed by atoms with van der Waals surface area (Å²) in [5.41, 5.74) is 3.33. The van der Waals surface area contributed by atoms with Gasteiger partial charge in [-0.05, 0) is 30.2 Å². The Hall–Kier alpha value is -3.44. The van der Waals surface area contributed by atoms with Crippen LogP contribution in [0.25, 0.3) is 11.0 Å². The molecule has 0 saturated carbocycles. The number of nitrogens with one attached hydrogen (secondary N) is 3. The Labute approximate surface area is 173 Å². The Balaban J connectivity index is 1.47. The van der Waals surface area contributed by atoms with E-state index in [0.29, 0.717) is 42.0 Å². The number of H-pyrrole nitrogens is 1. The van der Waals surface area contributed by atoms with E-state index < -0.39 is 12.2 Å². The molecule has 1 aliphatic rings. The van der Waals surface area contributed by atoms with Gasteiger partial charge in [0.05, 0.1) is 28.9 Å². The van der Waals surface area contributed by atoms with E-state index in [1.54, 1.807) is 25.4 Å². The molecule has 3 aromatic rings. The monoisotopic (exact) mass is 406 g/mol. The molecule has 30 heavy (non-hydrogen) atoms. The van der Waals surface area contributed by atoms with Crippen LogP contribution < -0.4 is 10.6 Å². The fourth-order valence-corrected chi connectivity index (χ4v) is 3.87. The third-order valence-corrected chi connectivity index (χ3v) is 5.50. The van der Waals surface area contributed by atoms with E-state index >= 15 is 4.39 Å². The predicted molar refractivity (Wildman–Crippen MR) is 113 cm³/mol. The van der Waals surface area contributed by atoms with Crippen molar-refractivity contribution in [1.29, 1.82) is 5.26 Å². The van der Waals surface area contributed by atoms with Crippen molar-refractivity contribution in [3.63, 3.8) is 0 Å². The van der Waals surface area contributed by atoms with E-state index in [-0.39, 0.29) is 5.91 Å². The molecular formula is C22H23FN6O. The van der Waals surface area contributed by atoms with Crippen LogP contribution in [0.4, 0.5) is 10.1 Å². The first-order valence-corrected chi connectivity index (χ1v) is 9.89. The van der Waals surface area contributed by atoms with Crippen LogP contribution in [0.15, 0.2) is 42.7 Å². The largest absolute Gasteiger partial charge is 0.378 e. The molecule has 1 aliphatic heterocycles. The molecule has 0 spiro atoms. The molecule has 0 aliphatic carbocycles. The number of anilines is 1. The number of alkyl halides is 1. The first-order chi connectivity index (χ1) is 14.6. The van der Waals surface area contributed by atoms with Crippen LogP contribution in [0.3, 0.4) is 0 Å². The van der Waals surface area contributed by atoms with Gasteiger partial charge >= 0.3 is 0 Å². The van der Waals surface area contributed by atoms with Gasteiger partial charge in [0.25, 0.3) is 5.91 Å². The number of hydrogen-bond acceptors (Lipinski definition) is 5. The number of rotatable bonds is 5. The first kappa shape index (κ1) is 19.9. The fraction of sp³-hybridized carbons (Fsp3) is 0.318. The van der Waals surface area contributed by atoms with Gasteiger partial charge in [-0.1, -0.05) is 12.1 Å². The SMILES string of the molecule is CNC(=O)c1cnc2[nH]ccc2c1N[C@H]1CCN(Cc2ccc(C#N)cc2)C[C@H]1F. The molecule has 3 N–H and O–H groups in total. The molecule has 2 atom stereocenters. The van der Waals surface area contributed by atoms with Crippen molar-refractivity contribution in [3.8, 4) is 6.07 Å². The minimum atomic E-state index is -1.09. The summed E-state index contributed by atoms with van der Waals surface area (Å²) >= 11 is 0. The molecule has 7 nitrogen and oxygen atoms in total. The van der Waals surface area contributed by atoms with E-state index in [4.69, 9.17) is 5.26 Å². The minimum Gasteiger partial charge on any atom is -0.378 e. The van der Waals surface area contributed by atoms with Crippen molar-refractivity contribution in [1.82, 2.24) is 20.2 Å². The highest BCUT2D eigenvalue weighted by Crippen LogP contribution is 2.29. The fourth-order valence-electron chi connectivity index (χ4n) is 3.87. The number of benzene rings is 1. The molecule has 1 fully saturated rings. The lowest BCUT2D eigenvalue weighted by Gasteiger charge is -2.36. The Morgan fingerprint density at radius 3 is 2.87 bits per heavy atom. The van der Waals surface area contributed by atoms with E-state index in [0.717, 1.165) is 17.5 Å². The Bertz CT molecular complexity index is 1090. The predicted octanol–water partition coefficient (Wildman–Crippen LogP) is 2.82. The number of carbonyl (C=O) groups excluding carboxylic acids is 1. The van der Waals surface area contributed by atoms with Crippen LogP contribution in [-0.4, -0.2) is 53.1 Å². The molecular weight excluding hydrogens is 383 g/mol. The minimum absolute atomic E-state index is 0.262. The van der Waals surface area contributed by atoms with Crippen LogP contribution in [-0.2, 0) is 6.54 Å². The van der Waals surface area contributed by atoms with Gasteiger partial charge in [-0.2, -0.15) is 5.26 Å². The topological polar surface area (TPSA) is 96.8 Å². The van der Waals surface area contributed by atoms with Gasteiger partial charge in [0.2, 0.25) is 0 Å². The molecule has 154 valence electrons. The number of carbonyl (C=O) groups is 1. The highest BCUT2D eigenvalue weighted by molar-refractivity contribution is 6.06. The summed E-state index contributed by atoms with van der Waals surface area (Å²) in [6.45, 7) is 1.67. The van der Waals surface area contributed by atoms with Crippen LogP contribution in [0.5, 0.6) is 0 Å². The lowest BCUT2D eigenvalue weighted by molar-refractivity contribution is 0.0962. The summed E-state index contributed by atoms with van der Waals surface area (Å²) < 4.78 is 15.1. The van der Waals surface area contributed by atoms with Gasteiger partial charge in [0.1, 0.15) is 11.8 Å². The van der Waals surface area contributed by atoms with Crippen molar-refractivity contribution < 1.29 is 9.18 Å². The number of halogens is 1. The number of aromatic amines is 1. The average Bonchev–Trinajstić information content (AvgIpc) is 3.25. The summed E-state index contributed by atoms with van der Waals surface area (Å²) in [7, 11) is 1.56. The molecule has 3 heterocycles. The smallest absolute Gasteiger partial charge is 0.254 e. The Kier molecular flexibility index (Phi) is 5.63. The summed E-state index contributed by atoms with van der Waals surface area (Å²) in [5.74, 6) is -0.262. The van der Waals surface area contributed by atoms with Gasteiger partial charge in [-0.15, -0.1) is 0 Å². The lowest BCUT2D eigenvalue weighted by atomic mass is 10.0. The van der Waals surface area contributed by atoms with Crippen molar-refractivity contribution >= 4 is 22.6 Å². The van der Waals surface area contributed by atoms with Gasteiger partial charge in [0.15, 0.2) is 0 Å². The first-order valence-electron chi connectivity index (χ1n) is 9.89. The Morgan fingerprint density at radius 2 is 2.17 bits per heavy atom. The number of likely N-dealkylation sites (tertiary alicyclic amines) is 1. The van der Waals surface area contributed by atoms with Crippen molar-refractivity contribution in [2.45, 2.75) is 25.2 Å². The van der Waals surface area contributed by atoms with Gasteiger partial charge in [-0.3, -0.25) is 9.69 Å². The number of piperidine rings is 1. The third kappa shape index (κ3) is 3.98. The number of nitriles is 1. The van der Waals surface area contributed by atoms with Crippen LogP contribution in [0, 0.1) is 11.3 Å². The van der Waals surface area contributed by atoms with Crippen LogP contribution in [0.1, 0.15) is 27.9 Å². The standard InChI is InChI=1S/C22H23FN6O/c1-25-22(30)17-11-27-21-16(6-8-26-21)20(17)28-19-7-9-29(13-18(19)23)12-15-4-2-14(10-24)3-5-15/h2-6,8,11,18-19H,7,9,12-13H2,1H3,(H,25,30)(H2,26,27,28)/t18-,19+/m1/s1. The normalized spacial score (nSPS) is 19.4.